The highest BCUT2D eigenvalue weighted by Gasteiger charge is 2.24. The second-order valence-electron chi connectivity index (χ2n) is 7.47. The van der Waals surface area contributed by atoms with Crippen LogP contribution in [0.25, 0.3) is 10.2 Å². The summed E-state index contributed by atoms with van der Waals surface area (Å²) in [5.74, 6) is 2.08. The van der Waals surface area contributed by atoms with E-state index >= 15 is 0 Å². The molecule has 3 aromatic rings. The molecule has 5 heteroatoms. The van der Waals surface area contributed by atoms with Crippen LogP contribution in [0, 0.1) is 0 Å². The lowest BCUT2D eigenvalue weighted by atomic mass is 10.1. The largest absolute Gasteiger partial charge is 0.378 e. The van der Waals surface area contributed by atoms with E-state index in [1.165, 1.54) is 53.4 Å². The van der Waals surface area contributed by atoms with Gasteiger partial charge >= 0.3 is 0 Å². The van der Waals surface area contributed by atoms with Crippen molar-refractivity contribution in [2.24, 2.45) is 0 Å². The molecular formula is C22H25N3OS. The molecule has 0 saturated carbocycles. The monoisotopic (exact) mass is 379 g/mol. The van der Waals surface area contributed by atoms with Gasteiger partial charge in [0.25, 0.3) is 0 Å². The molecular weight excluding hydrogens is 354 g/mol. The van der Waals surface area contributed by atoms with Crippen molar-refractivity contribution in [3.8, 4) is 0 Å². The Bertz CT molecular complexity index is 932. The van der Waals surface area contributed by atoms with Gasteiger partial charge in [0.2, 0.25) is 0 Å². The van der Waals surface area contributed by atoms with Gasteiger partial charge in [0.1, 0.15) is 16.5 Å². The van der Waals surface area contributed by atoms with E-state index in [0.717, 1.165) is 44.4 Å². The van der Waals surface area contributed by atoms with E-state index in [1.54, 1.807) is 4.88 Å². The van der Waals surface area contributed by atoms with Crippen molar-refractivity contribution in [2.75, 3.05) is 31.2 Å². The van der Waals surface area contributed by atoms with Gasteiger partial charge in [0.05, 0.1) is 18.6 Å². The lowest BCUT2D eigenvalue weighted by Crippen LogP contribution is -2.37. The van der Waals surface area contributed by atoms with E-state index < -0.39 is 0 Å². The summed E-state index contributed by atoms with van der Waals surface area (Å²) in [5, 5.41) is 1.33. The first-order valence-electron chi connectivity index (χ1n) is 10.1. The zero-order valence-electron chi connectivity index (χ0n) is 15.6. The Kier molecular flexibility index (Phi) is 4.80. The number of thiophene rings is 1. The minimum absolute atomic E-state index is 0.784. The Morgan fingerprint density at radius 3 is 2.63 bits per heavy atom. The smallest absolute Gasteiger partial charge is 0.141 e. The lowest BCUT2D eigenvalue weighted by molar-refractivity contribution is 0.122. The number of aromatic nitrogens is 2. The molecule has 0 N–H and O–H groups in total. The average molecular weight is 380 g/mol. The van der Waals surface area contributed by atoms with Crippen molar-refractivity contribution in [2.45, 2.75) is 38.5 Å². The summed E-state index contributed by atoms with van der Waals surface area (Å²) in [6.07, 6.45) is 7.09. The molecule has 1 aromatic carbocycles. The first kappa shape index (κ1) is 17.1. The van der Waals surface area contributed by atoms with Gasteiger partial charge in [-0.2, -0.15) is 0 Å². The summed E-state index contributed by atoms with van der Waals surface area (Å²) in [4.78, 5) is 15.3. The molecule has 5 rings (SSSR count). The van der Waals surface area contributed by atoms with Crippen molar-refractivity contribution in [3.05, 3.63) is 52.2 Å². The van der Waals surface area contributed by atoms with Crippen LogP contribution in [0.15, 0.2) is 30.3 Å². The number of benzene rings is 1. The van der Waals surface area contributed by atoms with Crippen LogP contribution in [-0.2, 0) is 24.0 Å². The van der Waals surface area contributed by atoms with Gasteiger partial charge in [0, 0.05) is 24.4 Å². The number of hydrogen-bond acceptors (Lipinski definition) is 5. The number of fused-ring (bicyclic) bond motifs is 3. The fourth-order valence-corrected chi connectivity index (χ4v) is 5.49. The maximum atomic E-state index is 5.59. The predicted octanol–water partition coefficient (Wildman–Crippen LogP) is 4.39. The number of morpholine rings is 1. The zero-order valence-corrected chi connectivity index (χ0v) is 16.4. The minimum atomic E-state index is 0.784. The van der Waals surface area contributed by atoms with E-state index in [-0.39, 0.29) is 0 Å². The van der Waals surface area contributed by atoms with Crippen molar-refractivity contribution in [1.29, 1.82) is 0 Å². The molecule has 0 atom stereocenters. The first-order chi connectivity index (χ1) is 13.4. The molecule has 1 aliphatic heterocycles. The second kappa shape index (κ2) is 7.56. The van der Waals surface area contributed by atoms with Crippen molar-refractivity contribution in [1.82, 2.24) is 9.97 Å². The Morgan fingerprint density at radius 1 is 0.963 bits per heavy atom. The molecule has 2 aromatic heterocycles. The maximum Gasteiger partial charge on any atom is 0.141 e. The molecule has 0 spiro atoms. The molecule has 3 heterocycles. The third-order valence-electron chi connectivity index (χ3n) is 5.61. The number of rotatable bonds is 3. The molecule has 0 radical (unpaired) electrons. The van der Waals surface area contributed by atoms with Crippen LogP contribution in [0.1, 0.15) is 41.1 Å². The SMILES string of the molecule is c1ccc(Cc2nc(N3CCOCC3)c3c4c(sc3n2)CCCCC4)cc1. The Morgan fingerprint density at radius 2 is 1.78 bits per heavy atom. The van der Waals surface area contributed by atoms with Crippen molar-refractivity contribution in [3.63, 3.8) is 0 Å². The average Bonchev–Trinajstić information content (AvgIpc) is 2.90. The highest BCUT2D eigenvalue weighted by molar-refractivity contribution is 7.19. The third-order valence-corrected chi connectivity index (χ3v) is 6.79. The number of anilines is 1. The Hall–Kier alpha value is -1.98. The van der Waals surface area contributed by atoms with Crippen LogP contribution in [0.3, 0.4) is 0 Å². The molecule has 1 aliphatic carbocycles. The first-order valence-corrected chi connectivity index (χ1v) is 10.9. The molecule has 0 amide bonds. The van der Waals surface area contributed by atoms with Crippen LogP contribution in [-0.4, -0.2) is 36.3 Å². The fraction of sp³-hybridized carbons (Fsp3) is 0.455. The van der Waals surface area contributed by atoms with Crippen LogP contribution < -0.4 is 4.90 Å². The summed E-state index contributed by atoms with van der Waals surface area (Å²) < 4.78 is 5.59. The molecule has 1 saturated heterocycles. The topological polar surface area (TPSA) is 38.2 Å². The van der Waals surface area contributed by atoms with E-state index in [4.69, 9.17) is 14.7 Å². The summed E-state index contributed by atoms with van der Waals surface area (Å²) in [5.41, 5.74) is 2.79. The van der Waals surface area contributed by atoms with Gasteiger partial charge in [-0.1, -0.05) is 36.8 Å². The van der Waals surface area contributed by atoms with E-state index in [2.05, 4.69) is 35.2 Å². The quantitative estimate of drug-likeness (QED) is 0.633. The molecule has 4 nitrogen and oxygen atoms in total. The van der Waals surface area contributed by atoms with Crippen LogP contribution in [0.2, 0.25) is 0 Å². The lowest BCUT2D eigenvalue weighted by Gasteiger charge is -2.29. The van der Waals surface area contributed by atoms with Crippen LogP contribution in [0.4, 0.5) is 5.82 Å². The maximum absolute atomic E-state index is 5.59. The minimum Gasteiger partial charge on any atom is -0.378 e. The van der Waals surface area contributed by atoms with Gasteiger partial charge in [-0.3, -0.25) is 0 Å². The van der Waals surface area contributed by atoms with Gasteiger partial charge < -0.3 is 9.64 Å². The van der Waals surface area contributed by atoms with E-state index in [0.29, 0.717) is 0 Å². The summed E-state index contributed by atoms with van der Waals surface area (Å²) in [6, 6.07) is 10.5. The fourth-order valence-electron chi connectivity index (χ4n) is 4.22. The van der Waals surface area contributed by atoms with Crippen molar-refractivity contribution >= 4 is 27.4 Å². The highest BCUT2D eigenvalue weighted by atomic mass is 32.1. The van der Waals surface area contributed by atoms with Crippen molar-refractivity contribution < 1.29 is 4.74 Å². The Balaban J connectivity index is 1.63. The van der Waals surface area contributed by atoms with Crippen LogP contribution in [0.5, 0.6) is 0 Å². The standard InChI is InChI=1S/C22H25N3OS/c1-3-7-16(8-4-1)15-19-23-21(25-11-13-26-14-12-25)20-17-9-5-2-6-10-18(17)27-22(20)24-19/h1,3-4,7-8H,2,5-6,9-15H2. The third kappa shape index (κ3) is 3.46. The van der Waals surface area contributed by atoms with Crippen LogP contribution >= 0.6 is 11.3 Å². The van der Waals surface area contributed by atoms with Gasteiger partial charge in [0.15, 0.2) is 0 Å². The summed E-state index contributed by atoms with van der Waals surface area (Å²) >= 11 is 1.91. The molecule has 1 fully saturated rings. The number of nitrogens with zero attached hydrogens (tertiary/aromatic N) is 3. The van der Waals surface area contributed by atoms with Gasteiger partial charge in [-0.15, -0.1) is 11.3 Å². The Labute approximate surface area is 164 Å². The van der Waals surface area contributed by atoms with Gasteiger partial charge in [-0.05, 0) is 36.8 Å². The molecule has 140 valence electrons. The van der Waals surface area contributed by atoms with E-state index in [9.17, 15) is 0 Å². The second-order valence-corrected chi connectivity index (χ2v) is 8.55. The molecule has 27 heavy (non-hydrogen) atoms. The van der Waals surface area contributed by atoms with E-state index in [1.807, 2.05) is 11.3 Å². The number of aryl methyl sites for hydroxylation is 2. The summed E-state index contributed by atoms with van der Waals surface area (Å²) in [7, 11) is 0. The highest BCUT2D eigenvalue weighted by Crippen LogP contribution is 2.39. The predicted molar refractivity (Wildman–Crippen MR) is 111 cm³/mol. The number of ether oxygens (including phenoxy) is 1. The summed E-state index contributed by atoms with van der Waals surface area (Å²) in [6.45, 7) is 3.40. The van der Waals surface area contributed by atoms with Gasteiger partial charge in [-0.25, -0.2) is 9.97 Å². The molecule has 0 bridgehead atoms. The zero-order chi connectivity index (χ0) is 18.1. The molecule has 0 unspecified atom stereocenters. The normalized spacial score (nSPS) is 17.7. The molecule has 2 aliphatic rings. The number of hydrogen-bond donors (Lipinski definition) is 0.